The molecule has 0 aliphatic carbocycles. The van der Waals surface area contributed by atoms with Gasteiger partial charge in [-0.05, 0) is 62.9 Å². The van der Waals surface area contributed by atoms with Crippen LogP contribution in [0.4, 0.5) is 0 Å². The SMILES string of the molecule is CCOc1ccc(C[C@H](C)NCCCc2ccccc2)cc1. The molecule has 2 aromatic rings. The number of hydrogen-bond acceptors (Lipinski definition) is 2. The fraction of sp³-hybridized carbons (Fsp3) is 0.400. The molecule has 22 heavy (non-hydrogen) atoms. The zero-order valence-electron chi connectivity index (χ0n) is 13.7. The highest BCUT2D eigenvalue weighted by Gasteiger charge is 2.03. The number of ether oxygens (including phenoxy) is 1. The number of aryl methyl sites for hydroxylation is 1. The van der Waals surface area contributed by atoms with Gasteiger partial charge in [0, 0.05) is 6.04 Å². The van der Waals surface area contributed by atoms with Gasteiger partial charge in [-0.3, -0.25) is 0 Å². The Morgan fingerprint density at radius 2 is 1.68 bits per heavy atom. The minimum Gasteiger partial charge on any atom is -0.494 e. The van der Waals surface area contributed by atoms with Crippen molar-refractivity contribution in [3.63, 3.8) is 0 Å². The van der Waals surface area contributed by atoms with Crippen molar-refractivity contribution in [2.45, 2.75) is 39.2 Å². The minimum absolute atomic E-state index is 0.494. The molecule has 2 rings (SSSR count). The van der Waals surface area contributed by atoms with E-state index in [9.17, 15) is 0 Å². The lowest BCUT2D eigenvalue weighted by Crippen LogP contribution is -2.29. The van der Waals surface area contributed by atoms with E-state index in [-0.39, 0.29) is 0 Å². The second-order valence-electron chi connectivity index (χ2n) is 5.73. The van der Waals surface area contributed by atoms with Crippen LogP contribution in [0.5, 0.6) is 5.75 Å². The maximum absolute atomic E-state index is 5.47. The monoisotopic (exact) mass is 297 g/mol. The van der Waals surface area contributed by atoms with Crippen molar-refractivity contribution in [2.75, 3.05) is 13.2 Å². The highest BCUT2D eigenvalue weighted by atomic mass is 16.5. The van der Waals surface area contributed by atoms with Gasteiger partial charge in [0.05, 0.1) is 6.61 Å². The van der Waals surface area contributed by atoms with Gasteiger partial charge in [0.1, 0.15) is 5.75 Å². The van der Waals surface area contributed by atoms with Gasteiger partial charge in [-0.15, -0.1) is 0 Å². The van der Waals surface area contributed by atoms with Crippen LogP contribution in [0.25, 0.3) is 0 Å². The molecule has 0 unspecified atom stereocenters. The molecule has 0 fully saturated rings. The van der Waals surface area contributed by atoms with Gasteiger partial charge < -0.3 is 10.1 Å². The van der Waals surface area contributed by atoms with Crippen molar-refractivity contribution in [3.05, 3.63) is 65.7 Å². The first kappa shape index (κ1) is 16.6. The molecule has 0 heterocycles. The topological polar surface area (TPSA) is 21.3 Å². The van der Waals surface area contributed by atoms with Crippen LogP contribution in [0.2, 0.25) is 0 Å². The van der Waals surface area contributed by atoms with Gasteiger partial charge in [0.25, 0.3) is 0 Å². The highest BCUT2D eigenvalue weighted by Crippen LogP contribution is 2.13. The minimum atomic E-state index is 0.494. The molecule has 0 aliphatic heterocycles. The third-order valence-corrected chi connectivity index (χ3v) is 3.75. The first-order valence-electron chi connectivity index (χ1n) is 8.27. The summed E-state index contributed by atoms with van der Waals surface area (Å²) in [5, 5.41) is 3.61. The molecule has 0 aliphatic rings. The molecule has 0 saturated carbocycles. The van der Waals surface area contributed by atoms with Crippen molar-refractivity contribution in [1.82, 2.24) is 5.32 Å². The number of benzene rings is 2. The Bertz CT molecular complexity index is 521. The van der Waals surface area contributed by atoms with Gasteiger partial charge >= 0.3 is 0 Å². The van der Waals surface area contributed by atoms with Gasteiger partial charge in [-0.2, -0.15) is 0 Å². The molecular formula is C20H27NO. The Morgan fingerprint density at radius 1 is 0.955 bits per heavy atom. The number of nitrogens with one attached hydrogen (secondary N) is 1. The van der Waals surface area contributed by atoms with E-state index < -0.39 is 0 Å². The van der Waals surface area contributed by atoms with E-state index >= 15 is 0 Å². The van der Waals surface area contributed by atoms with Gasteiger partial charge in [-0.25, -0.2) is 0 Å². The predicted octanol–water partition coefficient (Wildman–Crippen LogP) is 4.24. The molecular weight excluding hydrogens is 270 g/mol. The molecule has 2 heteroatoms. The molecule has 0 aromatic heterocycles. The second-order valence-corrected chi connectivity index (χ2v) is 5.73. The van der Waals surface area contributed by atoms with Gasteiger partial charge in [-0.1, -0.05) is 42.5 Å². The van der Waals surface area contributed by atoms with Crippen LogP contribution in [0.1, 0.15) is 31.4 Å². The van der Waals surface area contributed by atoms with E-state index in [1.807, 2.05) is 6.92 Å². The van der Waals surface area contributed by atoms with E-state index in [2.05, 4.69) is 66.8 Å². The van der Waals surface area contributed by atoms with Crippen molar-refractivity contribution >= 4 is 0 Å². The van der Waals surface area contributed by atoms with Crippen LogP contribution in [-0.2, 0) is 12.8 Å². The normalized spacial score (nSPS) is 12.1. The summed E-state index contributed by atoms with van der Waals surface area (Å²) in [5.41, 5.74) is 2.77. The maximum Gasteiger partial charge on any atom is 0.119 e. The summed E-state index contributed by atoms with van der Waals surface area (Å²) in [4.78, 5) is 0. The summed E-state index contributed by atoms with van der Waals surface area (Å²) in [6.45, 7) is 6.04. The van der Waals surface area contributed by atoms with E-state index in [4.69, 9.17) is 4.74 Å². The fourth-order valence-corrected chi connectivity index (χ4v) is 2.60. The number of hydrogen-bond donors (Lipinski definition) is 1. The van der Waals surface area contributed by atoms with Crippen LogP contribution in [0, 0.1) is 0 Å². The molecule has 0 bridgehead atoms. The van der Waals surface area contributed by atoms with Crippen molar-refractivity contribution in [2.24, 2.45) is 0 Å². The van der Waals surface area contributed by atoms with Crippen LogP contribution in [-0.4, -0.2) is 19.2 Å². The summed E-state index contributed by atoms with van der Waals surface area (Å²) in [5.74, 6) is 0.953. The van der Waals surface area contributed by atoms with Crippen molar-refractivity contribution in [1.29, 1.82) is 0 Å². The zero-order chi connectivity index (χ0) is 15.6. The third kappa shape index (κ3) is 5.90. The summed E-state index contributed by atoms with van der Waals surface area (Å²) < 4.78 is 5.47. The lowest BCUT2D eigenvalue weighted by molar-refractivity contribution is 0.340. The lowest BCUT2D eigenvalue weighted by Gasteiger charge is -2.14. The Balaban J connectivity index is 1.66. The summed E-state index contributed by atoms with van der Waals surface area (Å²) in [6, 6.07) is 19.6. The first-order chi connectivity index (χ1) is 10.8. The Hall–Kier alpha value is -1.80. The molecule has 2 aromatic carbocycles. The average molecular weight is 297 g/mol. The molecule has 1 N–H and O–H groups in total. The van der Waals surface area contributed by atoms with Crippen LogP contribution < -0.4 is 10.1 Å². The molecule has 0 spiro atoms. The smallest absolute Gasteiger partial charge is 0.119 e. The molecule has 0 saturated heterocycles. The molecule has 0 radical (unpaired) electrons. The summed E-state index contributed by atoms with van der Waals surface area (Å²) >= 11 is 0. The largest absolute Gasteiger partial charge is 0.494 e. The molecule has 1 atom stereocenters. The van der Waals surface area contributed by atoms with Gasteiger partial charge in [0.15, 0.2) is 0 Å². The fourth-order valence-electron chi connectivity index (χ4n) is 2.60. The summed E-state index contributed by atoms with van der Waals surface area (Å²) in [7, 11) is 0. The Labute approximate surface area is 134 Å². The van der Waals surface area contributed by atoms with E-state index in [0.717, 1.165) is 31.7 Å². The number of rotatable bonds is 9. The molecule has 2 nitrogen and oxygen atoms in total. The zero-order valence-corrected chi connectivity index (χ0v) is 13.7. The van der Waals surface area contributed by atoms with E-state index in [1.165, 1.54) is 17.5 Å². The predicted molar refractivity (Wildman–Crippen MR) is 93.5 cm³/mol. The Kier molecular flexibility index (Phi) is 6.98. The third-order valence-electron chi connectivity index (χ3n) is 3.75. The average Bonchev–Trinajstić information content (AvgIpc) is 2.55. The second kappa shape index (κ2) is 9.26. The standard InChI is InChI=1S/C20H27NO/c1-3-22-20-13-11-19(12-14-20)16-17(2)21-15-7-10-18-8-5-4-6-9-18/h4-6,8-9,11-14,17,21H,3,7,10,15-16H2,1-2H3/t17-/m0/s1. The highest BCUT2D eigenvalue weighted by molar-refractivity contribution is 5.27. The lowest BCUT2D eigenvalue weighted by atomic mass is 10.1. The first-order valence-corrected chi connectivity index (χ1v) is 8.27. The molecule has 118 valence electrons. The van der Waals surface area contributed by atoms with Crippen LogP contribution >= 0.6 is 0 Å². The maximum atomic E-state index is 5.47. The van der Waals surface area contributed by atoms with Crippen molar-refractivity contribution < 1.29 is 4.74 Å². The van der Waals surface area contributed by atoms with E-state index in [0.29, 0.717) is 6.04 Å². The van der Waals surface area contributed by atoms with Crippen LogP contribution in [0.3, 0.4) is 0 Å². The van der Waals surface area contributed by atoms with E-state index in [1.54, 1.807) is 0 Å². The van der Waals surface area contributed by atoms with Gasteiger partial charge in [0.2, 0.25) is 0 Å². The van der Waals surface area contributed by atoms with Crippen molar-refractivity contribution in [3.8, 4) is 5.75 Å². The summed E-state index contributed by atoms with van der Waals surface area (Å²) in [6.07, 6.45) is 3.37. The molecule has 0 amide bonds. The quantitative estimate of drug-likeness (QED) is 0.699. The Morgan fingerprint density at radius 3 is 2.36 bits per heavy atom. The van der Waals surface area contributed by atoms with Crippen LogP contribution in [0.15, 0.2) is 54.6 Å².